The number of piperazine rings is 1. The molecule has 0 saturated carbocycles. The van der Waals surface area contributed by atoms with E-state index in [1.165, 1.54) is 0 Å². The van der Waals surface area contributed by atoms with Crippen molar-refractivity contribution in [3.63, 3.8) is 0 Å². The van der Waals surface area contributed by atoms with Crippen LogP contribution in [0.3, 0.4) is 0 Å². The van der Waals surface area contributed by atoms with Gasteiger partial charge in [0.25, 0.3) is 0 Å². The largest absolute Gasteiger partial charge is 0.309 e. The fourth-order valence-corrected chi connectivity index (χ4v) is 2.84. The van der Waals surface area contributed by atoms with Gasteiger partial charge in [0.2, 0.25) is 0 Å². The molecular weight excluding hydrogens is 279 g/mol. The van der Waals surface area contributed by atoms with E-state index in [-0.39, 0.29) is 11.1 Å². The van der Waals surface area contributed by atoms with Crippen molar-refractivity contribution in [2.45, 2.75) is 45.3 Å². The molecule has 1 aromatic rings. The number of nitrogens with one attached hydrogen (secondary N) is 1. The van der Waals surface area contributed by atoms with E-state index in [1.54, 1.807) is 0 Å². The smallest absolute Gasteiger partial charge is 0.0637 e. The highest BCUT2D eigenvalue weighted by atomic mass is 35.5. The van der Waals surface area contributed by atoms with Crippen LogP contribution >= 0.6 is 23.2 Å². The van der Waals surface area contributed by atoms with E-state index in [1.807, 2.05) is 12.1 Å². The predicted molar refractivity (Wildman–Crippen MR) is 83.0 cm³/mol. The molecule has 0 radical (unpaired) electrons. The molecule has 0 aliphatic carbocycles. The van der Waals surface area contributed by atoms with Crippen molar-refractivity contribution in [2.24, 2.45) is 0 Å². The Kier molecular flexibility index (Phi) is 4.18. The molecule has 2 rings (SSSR count). The first-order valence-electron chi connectivity index (χ1n) is 6.64. The van der Waals surface area contributed by atoms with E-state index in [2.05, 4.69) is 44.0 Å². The molecule has 1 saturated heterocycles. The van der Waals surface area contributed by atoms with Gasteiger partial charge >= 0.3 is 0 Å². The van der Waals surface area contributed by atoms with Gasteiger partial charge in [-0.2, -0.15) is 0 Å². The fraction of sp³-hybridized carbons (Fsp3) is 0.600. The molecule has 1 aliphatic rings. The Hall–Kier alpha value is -0.280. The molecule has 4 heteroatoms. The van der Waals surface area contributed by atoms with Crippen molar-refractivity contribution < 1.29 is 0 Å². The van der Waals surface area contributed by atoms with Crippen molar-refractivity contribution in [3.05, 3.63) is 33.8 Å². The molecule has 0 spiro atoms. The highest BCUT2D eigenvalue weighted by molar-refractivity contribution is 6.42. The third kappa shape index (κ3) is 3.43. The van der Waals surface area contributed by atoms with Gasteiger partial charge in [-0.25, -0.2) is 0 Å². The normalized spacial score (nSPS) is 22.4. The topological polar surface area (TPSA) is 15.3 Å². The van der Waals surface area contributed by atoms with E-state index in [0.29, 0.717) is 10.0 Å². The molecule has 1 heterocycles. The van der Waals surface area contributed by atoms with Gasteiger partial charge in [-0.1, -0.05) is 35.3 Å². The first-order chi connectivity index (χ1) is 8.71. The highest BCUT2D eigenvalue weighted by Crippen LogP contribution is 2.30. The van der Waals surface area contributed by atoms with Crippen LogP contribution in [-0.2, 0) is 6.54 Å². The summed E-state index contributed by atoms with van der Waals surface area (Å²) in [6.07, 6.45) is 0. The van der Waals surface area contributed by atoms with E-state index < -0.39 is 0 Å². The van der Waals surface area contributed by atoms with Crippen molar-refractivity contribution in [2.75, 3.05) is 13.1 Å². The summed E-state index contributed by atoms with van der Waals surface area (Å²) in [4.78, 5) is 2.47. The standard InChI is InChI=1S/C15H22Cl2N2/c1-14(2)10-19(15(3,4)9-18-14)8-11-6-5-7-12(16)13(11)17/h5-7,18H,8-10H2,1-4H3. The van der Waals surface area contributed by atoms with E-state index >= 15 is 0 Å². The summed E-state index contributed by atoms with van der Waals surface area (Å²) in [5.41, 5.74) is 1.34. The van der Waals surface area contributed by atoms with Crippen LogP contribution in [-0.4, -0.2) is 29.1 Å². The summed E-state index contributed by atoms with van der Waals surface area (Å²) in [6, 6.07) is 5.85. The lowest BCUT2D eigenvalue weighted by atomic mass is 9.91. The van der Waals surface area contributed by atoms with Crippen LogP contribution in [0, 0.1) is 0 Å². The zero-order valence-electron chi connectivity index (χ0n) is 12.1. The maximum Gasteiger partial charge on any atom is 0.0637 e. The van der Waals surface area contributed by atoms with Crippen LogP contribution in [0.25, 0.3) is 0 Å². The minimum Gasteiger partial charge on any atom is -0.309 e. The Labute approximate surface area is 126 Å². The molecule has 0 aromatic heterocycles. The number of rotatable bonds is 2. The number of hydrogen-bond donors (Lipinski definition) is 1. The molecule has 0 amide bonds. The van der Waals surface area contributed by atoms with Gasteiger partial charge in [-0.3, -0.25) is 4.90 Å². The molecule has 19 heavy (non-hydrogen) atoms. The van der Waals surface area contributed by atoms with Gasteiger partial charge in [0.05, 0.1) is 10.0 Å². The molecule has 1 N–H and O–H groups in total. The Morgan fingerprint density at radius 1 is 1.21 bits per heavy atom. The maximum absolute atomic E-state index is 6.30. The Morgan fingerprint density at radius 3 is 2.58 bits per heavy atom. The number of halogens is 2. The zero-order chi connectivity index (χ0) is 14.3. The fourth-order valence-electron chi connectivity index (χ4n) is 2.46. The quantitative estimate of drug-likeness (QED) is 0.889. The Bertz CT molecular complexity index is 469. The second-order valence-corrected chi connectivity index (χ2v) is 7.40. The van der Waals surface area contributed by atoms with Gasteiger partial charge in [0, 0.05) is 30.7 Å². The van der Waals surface area contributed by atoms with E-state index in [0.717, 1.165) is 25.2 Å². The summed E-state index contributed by atoms with van der Waals surface area (Å²) in [7, 11) is 0. The molecule has 2 nitrogen and oxygen atoms in total. The second-order valence-electron chi connectivity index (χ2n) is 6.62. The molecule has 0 unspecified atom stereocenters. The molecule has 1 aliphatic heterocycles. The van der Waals surface area contributed by atoms with Crippen LogP contribution in [0.4, 0.5) is 0 Å². The summed E-state index contributed by atoms with van der Waals surface area (Å²) < 4.78 is 0. The van der Waals surface area contributed by atoms with Gasteiger partial charge in [-0.05, 0) is 39.3 Å². The summed E-state index contributed by atoms with van der Waals surface area (Å²) in [5, 5.41) is 4.90. The third-order valence-electron chi connectivity index (χ3n) is 3.83. The second kappa shape index (κ2) is 5.25. The predicted octanol–water partition coefficient (Wildman–Crippen LogP) is 3.96. The molecule has 1 fully saturated rings. The van der Waals surface area contributed by atoms with Gasteiger partial charge < -0.3 is 5.32 Å². The Balaban J connectivity index is 2.22. The molecular formula is C15H22Cl2N2. The lowest BCUT2D eigenvalue weighted by Gasteiger charge is -2.49. The van der Waals surface area contributed by atoms with Crippen LogP contribution < -0.4 is 5.32 Å². The lowest BCUT2D eigenvalue weighted by molar-refractivity contribution is 0.0324. The van der Waals surface area contributed by atoms with Crippen molar-refractivity contribution in [1.82, 2.24) is 10.2 Å². The molecule has 1 aromatic carbocycles. The average molecular weight is 301 g/mol. The zero-order valence-corrected chi connectivity index (χ0v) is 13.6. The minimum absolute atomic E-state index is 0.112. The average Bonchev–Trinajstić information content (AvgIpc) is 2.30. The first kappa shape index (κ1) is 15.1. The lowest BCUT2D eigenvalue weighted by Crippen LogP contribution is -2.65. The molecule has 106 valence electrons. The molecule has 0 bridgehead atoms. The third-order valence-corrected chi connectivity index (χ3v) is 4.69. The van der Waals surface area contributed by atoms with Crippen LogP contribution in [0.1, 0.15) is 33.3 Å². The number of benzene rings is 1. The summed E-state index contributed by atoms with van der Waals surface area (Å²) in [5.74, 6) is 0. The van der Waals surface area contributed by atoms with Crippen molar-refractivity contribution >= 4 is 23.2 Å². The van der Waals surface area contributed by atoms with E-state index in [9.17, 15) is 0 Å². The first-order valence-corrected chi connectivity index (χ1v) is 7.40. The maximum atomic E-state index is 6.30. The van der Waals surface area contributed by atoms with Crippen LogP contribution in [0.5, 0.6) is 0 Å². The van der Waals surface area contributed by atoms with Gasteiger partial charge in [0.15, 0.2) is 0 Å². The van der Waals surface area contributed by atoms with Crippen molar-refractivity contribution in [1.29, 1.82) is 0 Å². The van der Waals surface area contributed by atoms with Crippen molar-refractivity contribution in [3.8, 4) is 0 Å². The van der Waals surface area contributed by atoms with Gasteiger partial charge in [-0.15, -0.1) is 0 Å². The van der Waals surface area contributed by atoms with Gasteiger partial charge in [0.1, 0.15) is 0 Å². The summed E-state index contributed by atoms with van der Waals surface area (Å²) in [6.45, 7) is 11.8. The SMILES string of the molecule is CC1(C)CN(Cc2cccc(Cl)c2Cl)C(C)(C)CN1. The number of nitrogens with zero attached hydrogens (tertiary/aromatic N) is 1. The Morgan fingerprint density at radius 2 is 1.89 bits per heavy atom. The minimum atomic E-state index is 0.112. The summed E-state index contributed by atoms with van der Waals surface area (Å²) >= 11 is 12.4. The number of hydrogen-bond acceptors (Lipinski definition) is 2. The van der Waals surface area contributed by atoms with Crippen LogP contribution in [0.2, 0.25) is 10.0 Å². The van der Waals surface area contributed by atoms with Crippen LogP contribution in [0.15, 0.2) is 18.2 Å². The monoisotopic (exact) mass is 300 g/mol. The molecule has 0 atom stereocenters. The highest BCUT2D eigenvalue weighted by Gasteiger charge is 2.37. The van der Waals surface area contributed by atoms with E-state index in [4.69, 9.17) is 23.2 Å².